The summed E-state index contributed by atoms with van der Waals surface area (Å²) in [6, 6.07) is 22.6. The Morgan fingerprint density at radius 3 is 2.00 bits per heavy atom. The van der Waals surface area contributed by atoms with Gasteiger partial charge >= 0.3 is 12.1 Å². The summed E-state index contributed by atoms with van der Waals surface area (Å²) in [6.07, 6.45) is -0.511. The molecular formula is C24H22INO5. The van der Waals surface area contributed by atoms with Crippen molar-refractivity contribution in [2.24, 2.45) is 0 Å². The van der Waals surface area contributed by atoms with Gasteiger partial charge in [0.2, 0.25) is 0 Å². The van der Waals surface area contributed by atoms with Gasteiger partial charge in [-0.3, -0.25) is 0 Å². The molecule has 0 aliphatic rings. The lowest BCUT2D eigenvalue weighted by molar-refractivity contribution is -0.147. The highest BCUT2D eigenvalue weighted by atomic mass is 127. The summed E-state index contributed by atoms with van der Waals surface area (Å²) in [5.41, 5.74) is 2.46. The lowest BCUT2D eigenvalue weighted by Gasteiger charge is -2.18. The molecule has 0 saturated heterocycles. The summed E-state index contributed by atoms with van der Waals surface area (Å²) in [6.45, 7) is 0.194. The van der Waals surface area contributed by atoms with Crippen LogP contribution in [0.1, 0.15) is 16.7 Å². The van der Waals surface area contributed by atoms with Gasteiger partial charge in [-0.15, -0.1) is 0 Å². The van der Waals surface area contributed by atoms with Crippen LogP contribution in [0.15, 0.2) is 78.9 Å². The quantitative estimate of drug-likeness (QED) is 0.329. The Labute approximate surface area is 194 Å². The van der Waals surface area contributed by atoms with Crippen molar-refractivity contribution in [3.63, 3.8) is 0 Å². The number of phenols is 1. The molecule has 0 aliphatic heterocycles. The fourth-order valence-corrected chi connectivity index (χ4v) is 3.42. The molecule has 3 rings (SSSR count). The van der Waals surface area contributed by atoms with Gasteiger partial charge in [-0.2, -0.15) is 0 Å². The Hall–Kier alpha value is -3.07. The normalized spacial score (nSPS) is 11.4. The molecule has 0 spiro atoms. The molecule has 0 heterocycles. The van der Waals surface area contributed by atoms with E-state index >= 15 is 0 Å². The summed E-state index contributed by atoms with van der Waals surface area (Å²) in [4.78, 5) is 25.1. The molecule has 160 valence electrons. The molecule has 0 bridgehead atoms. The molecule has 3 aromatic carbocycles. The summed E-state index contributed by atoms with van der Waals surface area (Å²) >= 11 is 2.01. The van der Waals surface area contributed by atoms with Crippen LogP contribution >= 0.6 is 22.6 Å². The van der Waals surface area contributed by atoms with Crippen LogP contribution in [0.3, 0.4) is 0 Å². The van der Waals surface area contributed by atoms with E-state index in [1.807, 2.05) is 83.3 Å². The van der Waals surface area contributed by atoms with Crippen LogP contribution in [0.5, 0.6) is 5.75 Å². The fourth-order valence-electron chi connectivity index (χ4n) is 2.84. The standard InChI is InChI=1S/C24H22INO5/c25-20-13-19(11-12-22(20)27)14-21(23(28)30-15-17-7-3-1-4-8-17)26-24(29)31-16-18-9-5-2-6-10-18/h1-13,21,27H,14-16H2,(H,26,29)/t21-/m0/s1. The SMILES string of the molecule is O=C(N[C@@H](Cc1ccc(O)c(I)c1)C(=O)OCc1ccccc1)OCc1ccccc1. The average Bonchev–Trinajstić information content (AvgIpc) is 2.79. The maximum Gasteiger partial charge on any atom is 0.408 e. The minimum absolute atomic E-state index is 0.0928. The molecule has 6 nitrogen and oxygen atoms in total. The maximum absolute atomic E-state index is 12.7. The second-order valence-electron chi connectivity index (χ2n) is 6.84. The van der Waals surface area contributed by atoms with E-state index in [4.69, 9.17) is 9.47 Å². The molecule has 0 aromatic heterocycles. The first-order chi connectivity index (χ1) is 15.0. The van der Waals surface area contributed by atoms with Crippen LogP contribution in [0.25, 0.3) is 0 Å². The molecule has 7 heteroatoms. The topological polar surface area (TPSA) is 84.9 Å². The Morgan fingerprint density at radius 1 is 0.839 bits per heavy atom. The van der Waals surface area contributed by atoms with E-state index in [2.05, 4.69) is 5.32 Å². The molecule has 0 saturated carbocycles. The van der Waals surface area contributed by atoms with Gasteiger partial charge in [0.25, 0.3) is 0 Å². The number of rotatable bonds is 8. The Balaban J connectivity index is 1.65. The zero-order chi connectivity index (χ0) is 22.1. The van der Waals surface area contributed by atoms with Crippen molar-refractivity contribution in [1.82, 2.24) is 5.32 Å². The van der Waals surface area contributed by atoms with E-state index in [9.17, 15) is 14.7 Å². The third-order valence-corrected chi connectivity index (χ3v) is 5.33. The minimum atomic E-state index is -0.938. The molecule has 1 amide bonds. The molecule has 0 aliphatic carbocycles. The fraction of sp³-hybridized carbons (Fsp3) is 0.167. The molecule has 0 unspecified atom stereocenters. The second-order valence-corrected chi connectivity index (χ2v) is 8.00. The predicted molar refractivity (Wildman–Crippen MR) is 124 cm³/mol. The van der Waals surface area contributed by atoms with Crippen molar-refractivity contribution >= 4 is 34.7 Å². The van der Waals surface area contributed by atoms with Crippen molar-refractivity contribution in [3.8, 4) is 5.75 Å². The highest BCUT2D eigenvalue weighted by Gasteiger charge is 2.24. The number of carbonyl (C=O) groups excluding carboxylic acids is 2. The van der Waals surface area contributed by atoms with Gasteiger partial charge in [0, 0.05) is 6.42 Å². The highest BCUT2D eigenvalue weighted by molar-refractivity contribution is 14.1. The number of nitrogens with one attached hydrogen (secondary N) is 1. The number of carbonyl (C=O) groups is 2. The van der Waals surface area contributed by atoms with Crippen LogP contribution in [0.4, 0.5) is 4.79 Å². The van der Waals surface area contributed by atoms with Crippen LogP contribution < -0.4 is 5.32 Å². The molecular weight excluding hydrogens is 509 g/mol. The smallest absolute Gasteiger partial charge is 0.408 e. The largest absolute Gasteiger partial charge is 0.507 e. The zero-order valence-corrected chi connectivity index (χ0v) is 18.8. The molecule has 1 atom stereocenters. The Kier molecular flexibility index (Phi) is 8.28. The van der Waals surface area contributed by atoms with Crippen LogP contribution in [0.2, 0.25) is 0 Å². The number of ether oxygens (including phenoxy) is 2. The first kappa shape index (κ1) is 22.6. The van der Waals surface area contributed by atoms with Gasteiger partial charge in [0.1, 0.15) is 25.0 Å². The number of phenolic OH excluding ortho intramolecular Hbond substituents is 1. The number of benzene rings is 3. The van der Waals surface area contributed by atoms with Gasteiger partial charge in [-0.1, -0.05) is 66.7 Å². The van der Waals surface area contributed by atoms with Crippen LogP contribution in [-0.2, 0) is 33.9 Å². The lowest BCUT2D eigenvalue weighted by Crippen LogP contribution is -2.43. The van der Waals surface area contributed by atoms with Crippen molar-refractivity contribution in [1.29, 1.82) is 0 Å². The molecule has 0 radical (unpaired) electrons. The Bertz CT molecular complexity index is 1010. The summed E-state index contributed by atoms with van der Waals surface area (Å²) in [7, 11) is 0. The van der Waals surface area contributed by atoms with Crippen molar-refractivity contribution < 1.29 is 24.2 Å². The van der Waals surface area contributed by atoms with Crippen molar-refractivity contribution in [3.05, 3.63) is 99.1 Å². The summed E-state index contributed by atoms with van der Waals surface area (Å²) in [5, 5.41) is 12.3. The number of esters is 1. The van der Waals surface area contributed by atoms with Gasteiger partial charge < -0.3 is 19.9 Å². The van der Waals surface area contributed by atoms with Gasteiger partial charge in [0.15, 0.2) is 0 Å². The Morgan fingerprint density at radius 2 is 1.42 bits per heavy atom. The number of hydrogen-bond acceptors (Lipinski definition) is 5. The number of amides is 1. The van der Waals surface area contributed by atoms with Gasteiger partial charge in [-0.05, 0) is 51.4 Å². The summed E-state index contributed by atoms with van der Waals surface area (Å²) < 4.78 is 11.3. The van der Waals surface area contributed by atoms with Crippen molar-refractivity contribution in [2.45, 2.75) is 25.7 Å². The first-order valence-corrected chi connectivity index (χ1v) is 10.7. The second kappa shape index (κ2) is 11.4. The predicted octanol–water partition coefficient (Wildman–Crippen LogP) is 4.58. The third kappa shape index (κ3) is 7.29. The third-order valence-electron chi connectivity index (χ3n) is 4.47. The van der Waals surface area contributed by atoms with E-state index in [0.29, 0.717) is 3.57 Å². The number of alkyl carbamates (subject to hydrolysis) is 1. The van der Waals surface area contributed by atoms with E-state index in [-0.39, 0.29) is 25.4 Å². The minimum Gasteiger partial charge on any atom is -0.507 e. The average molecular weight is 531 g/mol. The van der Waals surface area contributed by atoms with E-state index in [1.165, 1.54) is 0 Å². The van der Waals surface area contributed by atoms with E-state index in [0.717, 1.165) is 16.7 Å². The summed E-state index contributed by atoms with van der Waals surface area (Å²) in [5.74, 6) is -0.411. The van der Waals surface area contributed by atoms with Crippen molar-refractivity contribution in [2.75, 3.05) is 0 Å². The number of hydrogen-bond donors (Lipinski definition) is 2. The monoisotopic (exact) mass is 531 g/mol. The molecule has 0 fully saturated rings. The number of halogens is 1. The molecule has 3 aromatic rings. The van der Waals surface area contributed by atoms with E-state index in [1.54, 1.807) is 18.2 Å². The van der Waals surface area contributed by atoms with E-state index < -0.39 is 18.1 Å². The zero-order valence-electron chi connectivity index (χ0n) is 16.7. The first-order valence-electron chi connectivity index (χ1n) is 9.66. The van der Waals surface area contributed by atoms with Gasteiger partial charge in [-0.25, -0.2) is 9.59 Å². The number of aromatic hydroxyl groups is 1. The van der Waals surface area contributed by atoms with Crippen LogP contribution in [0, 0.1) is 3.57 Å². The van der Waals surface area contributed by atoms with Crippen LogP contribution in [-0.4, -0.2) is 23.2 Å². The van der Waals surface area contributed by atoms with Gasteiger partial charge in [0.05, 0.1) is 3.57 Å². The highest BCUT2D eigenvalue weighted by Crippen LogP contribution is 2.21. The molecule has 31 heavy (non-hydrogen) atoms. The molecule has 2 N–H and O–H groups in total. The maximum atomic E-state index is 12.7. The lowest BCUT2D eigenvalue weighted by atomic mass is 10.1.